The highest BCUT2D eigenvalue weighted by molar-refractivity contribution is 7.09. The monoisotopic (exact) mass is 491 g/mol. The summed E-state index contributed by atoms with van der Waals surface area (Å²) in [7, 11) is 0. The Hall–Kier alpha value is -3.93. The van der Waals surface area contributed by atoms with Crippen LogP contribution in [-0.2, 0) is 17.8 Å². The van der Waals surface area contributed by atoms with E-state index < -0.39 is 0 Å². The van der Waals surface area contributed by atoms with E-state index >= 15 is 0 Å². The number of amides is 1. The second-order valence-electron chi connectivity index (χ2n) is 8.33. The van der Waals surface area contributed by atoms with E-state index in [4.69, 9.17) is 15.5 Å². The molecule has 0 spiro atoms. The summed E-state index contributed by atoms with van der Waals surface area (Å²) in [4.78, 5) is 26.9. The topological polar surface area (TPSA) is 138 Å². The summed E-state index contributed by atoms with van der Waals surface area (Å²) in [5.41, 5.74) is 7.93. The molecule has 0 radical (unpaired) electrons. The number of thiazole rings is 1. The predicted molar refractivity (Wildman–Crippen MR) is 129 cm³/mol. The number of hydrogen-bond donors (Lipinski definition) is 1. The van der Waals surface area contributed by atoms with Gasteiger partial charge in [-0.3, -0.25) is 4.79 Å². The molecule has 11 nitrogen and oxygen atoms in total. The van der Waals surface area contributed by atoms with Gasteiger partial charge in [0.25, 0.3) is 0 Å². The molecule has 4 aromatic rings. The predicted octanol–water partition coefficient (Wildman–Crippen LogP) is 2.29. The molecule has 0 bridgehead atoms. The molecule has 0 atom stereocenters. The Kier molecular flexibility index (Phi) is 6.89. The Balaban J connectivity index is 1.10. The number of benzene rings is 1. The van der Waals surface area contributed by atoms with Gasteiger partial charge in [0.05, 0.1) is 16.4 Å². The number of hydrogen-bond acceptors (Lipinski definition) is 10. The van der Waals surface area contributed by atoms with Crippen LogP contribution < -0.4 is 15.4 Å². The number of anilines is 1. The van der Waals surface area contributed by atoms with Crippen molar-refractivity contribution in [3.8, 4) is 11.4 Å². The van der Waals surface area contributed by atoms with Crippen LogP contribution in [0.5, 0.6) is 5.75 Å². The molecule has 0 saturated carbocycles. The fraction of sp³-hybridized carbons (Fsp3) is 0.348. The highest BCUT2D eigenvalue weighted by Gasteiger charge is 2.24. The van der Waals surface area contributed by atoms with E-state index in [1.165, 1.54) is 0 Å². The summed E-state index contributed by atoms with van der Waals surface area (Å²) < 4.78 is 7.51. The smallest absolute Gasteiger partial charge is 0.225 e. The standard InChI is InChI=1S/C23H25N9O2S/c24-21(33)6-1-16-11-25-23(26-12-16)31-9-7-17(8-10-31)22-28-18(14-35-22)13-34-20-4-2-19(3-5-20)32-15-27-29-30-32/h2-5,11-12,14-15,17H,1,6-10,13H2,(H2,24,33). The van der Waals surface area contributed by atoms with Gasteiger partial charge in [0, 0.05) is 43.2 Å². The number of tetrazole rings is 1. The average Bonchev–Trinajstić information content (AvgIpc) is 3.60. The number of piperidine rings is 1. The largest absolute Gasteiger partial charge is 0.487 e. The number of aromatic nitrogens is 7. The zero-order valence-electron chi connectivity index (χ0n) is 19.0. The van der Waals surface area contributed by atoms with Gasteiger partial charge in [0.15, 0.2) is 0 Å². The molecule has 12 heteroatoms. The summed E-state index contributed by atoms with van der Waals surface area (Å²) in [6, 6.07) is 7.60. The number of nitrogens with two attached hydrogens (primary N) is 1. The second-order valence-corrected chi connectivity index (χ2v) is 9.22. The van der Waals surface area contributed by atoms with E-state index in [1.54, 1.807) is 34.7 Å². The zero-order chi connectivity index (χ0) is 24.0. The number of primary amides is 1. The lowest BCUT2D eigenvalue weighted by Crippen LogP contribution is -2.34. The SMILES string of the molecule is NC(=O)CCc1cnc(N2CCC(c3nc(COc4ccc(-n5cnnn5)cc4)cs3)CC2)nc1. The van der Waals surface area contributed by atoms with Crippen LogP contribution >= 0.6 is 11.3 Å². The van der Waals surface area contributed by atoms with E-state index in [0.717, 1.165) is 59.6 Å². The minimum Gasteiger partial charge on any atom is -0.487 e. The van der Waals surface area contributed by atoms with E-state index in [2.05, 4.69) is 35.8 Å². The van der Waals surface area contributed by atoms with Crippen molar-refractivity contribution in [2.75, 3.05) is 18.0 Å². The average molecular weight is 492 g/mol. The first-order chi connectivity index (χ1) is 17.1. The van der Waals surface area contributed by atoms with Crippen LogP contribution in [0.4, 0.5) is 5.95 Å². The Morgan fingerprint density at radius 1 is 1.14 bits per heavy atom. The van der Waals surface area contributed by atoms with Gasteiger partial charge in [-0.25, -0.2) is 19.6 Å². The Morgan fingerprint density at radius 2 is 1.91 bits per heavy atom. The first-order valence-corrected chi connectivity index (χ1v) is 12.3. The third-order valence-corrected chi connectivity index (χ3v) is 6.94. The summed E-state index contributed by atoms with van der Waals surface area (Å²) in [6.07, 6.45) is 7.99. The van der Waals surface area contributed by atoms with Crippen molar-refractivity contribution in [3.63, 3.8) is 0 Å². The van der Waals surface area contributed by atoms with Crippen molar-refractivity contribution >= 4 is 23.2 Å². The Morgan fingerprint density at radius 3 is 2.60 bits per heavy atom. The fourth-order valence-electron chi connectivity index (χ4n) is 3.94. The second kappa shape index (κ2) is 10.6. The van der Waals surface area contributed by atoms with Gasteiger partial charge in [-0.2, -0.15) is 0 Å². The van der Waals surface area contributed by atoms with Crippen LogP contribution in [0.3, 0.4) is 0 Å². The van der Waals surface area contributed by atoms with Crippen molar-refractivity contribution in [2.45, 2.75) is 38.2 Å². The van der Waals surface area contributed by atoms with Crippen LogP contribution in [0.25, 0.3) is 5.69 Å². The van der Waals surface area contributed by atoms with Gasteiger partial charge in [0.1, 0.15) is 18.7 Å². The summed E-state index contributed by atoms with van der Waals surface area (Å²) in [5, 5.41) is 14.4. The third-order valence-electron chi connectivity index (χ3n) is 5.89. The van der Waals surface area contributed by atoms with Crippen molar-refractivity contribution in [1.29, 1.82) is 0 Å². The van der Waals surface area contributed by atoms with E-state index in [9.17, 15) is 4.79 Å². The molecule has 1 amide bonds. The van der Waals surface area contributed by atoms with Crippen LogP contribution in [0, 0.1) is 0 Å². The lowest BCUT2D eigenvalue weighted by Gasteiger charge is -2.31. The van der Waals surface area contributed by atoms with Gasteiger partial charge in [0.2, 0.25) is 11.9 Å². The van der Waals surface area contributed by atoms with E-state index in [1.807, 2.05) is 24.3 Å². The molecule has 180 valence electrons. The highest BCUT2D eigenvalue weighted by atomic mass is 32.1. The summed E-state index contributed by atoms with van der Waals surface area (Å²) in [6.45, 7) is 2.18. The number of ether oxygens (including phenoxy) is 1. The number of aryl methyl sites for hydroxylation is 1. The van der Waals surface area contributed by atoms with Gasteiger partial charge in [-0.15, -0.1) is 16.4 Å². The molecule has 0 unspecified atom stereocenters. The van der Waals surface area contributed by atoms with Crippen molar-refractivity contribution < 1.29 is 9.53 Å². The quantitative estimate of drug-likeness (QED) is 0.374. The molecule has 0 aliphatic carbocycles. The molecule has 1 aliphatic heterocycles. The Labute approximate surface area is 206 Å². The molecule has 4 heterocycles. The maximum Gasteiger partial charge on any atom is 0.225 e. The normalized spacial score (nSPS) is 14.2. The first-order valence-electron chi connectivity index (χ1n) is 11.4. The van der Waals surface area contributed by atoms with Gasteiger partial charge in [-0.1, -0.05) is 0 Å². The van der Waals surface area contributed by atoms with Gasteiger partial charge in [-0.05, 0) is 59.5 Å². The molecule has 1 aromatic carbocycles. The van der Waals surface area contributed by atoms with Crippen LogP contribution in [0.1, 0.15) is 41.4 Å². The van der Waals surface area contributed by atoms with Crippen molar-refractivity contribution in [2.24, 2.45) is 5.73 Å². The third kappa shape index (κ3) is 5.77. The van der Waals surface area contributed by atoms with Gasteiger partial charge < -0.3 is 15.4 Å². The number of carbonyl (C=O) groups is 1. The molecule has 1 saturated heterocycles. The maximum absolute atomic E-state index is 10.9. The Bertz CT molecular complexity index is 1240. The molecule has 2 N–H and O–H groups in total. The lowest BCUT2D eigenvalue weighted by atomic mass is 9.98. The first kappa shape index (κ1) is 22.8. The molecular formula is C23H25N9O2S. The van der Waals surface area contributed by atoms with Gasteiger partial charge >= 0.3 is 0 Å². The number of nitrogens with zero attached hydrogens (tertiary/aromatic N) is 8. The minimum atomic E-state index is -0.316. The number of carbonyl (C=O) groups excluding carboxylic acids is 1. The highest BCUT2D eigenvalue weighted by Crippen LogP contribution is 2.31. The fourth-order valence-corrected chi connectivity index (χ4v) is 4.92. The summed E-state index contributed by atoms with van der Waals surface area (Å²) >= 11 is 1.69. The molecule has 3 aromatic heterocycles. The molecule has 5 rings (SSSR count). The minimum absolute atomic E-state index is 0.309. The maximum atomic E-state index is 10.9. The van der Waals surface area contributed by atoms with Crippen LogP contribution in [-0.4, -0.2) is 54.2 Å². The van der Waals surface area contributed by atoms with Crippen molar-refractivity contribution in [3.05, 3.63) is 64.6 Å². The van der Waals surface area contributed by atoms with E-state index in [0.29, 0.717) is 25.4 Å². The molecule has 1 aliphatic rings. The molecule has 35 heavy (non-hydrogen) atoms. The molecular weight excluding hydrogens is 466 g/mol. The molecule has 1 fully saturated rings. The summed E-state index contributed by atoms with van der Waals surface area (Å²) in [5.74, 6) is 1.61. The van der Waals surface area contributed by atoms with Crippen LogP contribution in [0.15, 0.2) is 48.4 Å². The van der Waals surface area contributed by atoms with Crippen molar-refractivity contribution in [1.82, 2.24) is 35.2 Å². The number of rotatable bonds is 9. The van der Waals surface area contributed by atoms with E-state index in [-0.39, 0.29) is 5.91 Å². The lowest BCUT2D eigenvalue weighted by molar-refractivity contribution is -0.117. The zero-order valence-corrected chi connectivity index (χ0v) is 19.8. The van der Waals surface area contributed by atoms with Crippen LogP contribution in [0.2, 0.25) is 0 Å².